The van der Waals surface area contributed by atoms with Crippen LogP contribution in [0.2, 0.25) is 0 Å². The van der Waals surface area contributed by atoms with Gasteiger partial charge in [-0.15, -0.1) is 0 Å². The first-order valence-corrected chi connectivity index (χ1v) is 10.3. The van der Waals surface area contributed by atoms with Gasteiger partial charge in [0.1, 0.15) is 11.5 Å². The van der Waals surface area contributed by atoms with Gasteiger partial charge in [0.05, 0.1) is 6.20 Å². The SMILES string of the molecule is O=C(Nc1ccc(Oc2ccc(CCNCc3ccccc3)cc2)cc1)Oc1ccno1. The van der Waals surface area contributed by atoms with Crippen LogP contribution >= 0.6 is 0 Å². The van der Waals surface area contributed by atoms with Gasteiger partial charge in [0, 0.05) is 18.3 Å². The van der Waals surface area contributed by atoms with Crippen LogP contribution in [0.3, 0.4) is 0 Å². The maximum atomic E-state index is 11.8. The average molecular weight is 429 g/mol. The third-order valence-electron chi connectivity index (χ3n) is 4.63. The fourth-order valence-electron chi connectivity index (χ4n) is 3.02. The molecule has 0 unspecified atom stereocenters. The molecule has 32 heavy (non-hydrogen) atoms. The number of hydrogen-bond acceptors (Lipinski definition) is 6. The molecular formula is C25H23N3O4. The zero-order chi connectivity index (χ0) is 22.0. The summed E-state index contributed by atoms with van der Waals surface area (Å²) in [7, 11) is 0. The molecule has 0 atom stereocenters. The fraction of sp³-hybridized carbons (Fsp3) is 0.120. The molecule has 0 fully saturated rings. The molecule has 1 aromatic heterocycles. The van der Waals surface area contributed by atoms with Crippen LogP contribution in [0.4, 0.5) is 10.5 Å². The number of anilines is 1. The normalized spacial score (nSPS) is 10.5. The van der Waals surface area contributed by atoms with Crippen molar-refractivity contribution in [3.05, 3.63) is 102 Å². The third-order valence-corrected chi connectivity index (χ3v) is 4.63. The second-order valence-electron chi connectivity index (χ2n) is 7.03. The molecule has 0 radical (unpaired) electrons. The molecule has 4 rings (SSSR count). The van der Waals surface area contributed by atoms with Crippen LogP contribution in [-0.4, -0.2) is 17.8 Å². The second kappa shape index (κ2) is 10.8. The lowest BCUT2D eigenvalue weighted by atomic mass is 10.1. The molecule has 0 aliphatic rings. The van der Waals surface area contributed by atoms with Gasteiger partial charge < -0.3 is 19.3 Å². The Labute approximate surface area is 186 Å². The second-order valence-corrected chi connectivity index (χ2v) is 7.03. The predicted molar refractivity (Wildman–Crippen MR) is 121 cm³/mol. The van der Waals surface area contributed by atoms with Crippen LogP contribution in [0.5, 0.6) is 17.4 Å². The van der Waals surface area contributed by atoms with E-state index < -0.39 is 6.09 Å². The van der Waals surface area contributed by atoms with E-state index in [0.717, 1.165) is 25.3 Å². The standard InChI is InChI=1S/C25H23N3O4/c29-25(31-24-15-17-27-32-24)28-21-8-12-23(13-9-21)30-22-10-6-19(7-11-22)14-16-26-18-20-4-2-1-3-5-20/h1-13,15,17,26H,14,16,18H2,(H,28,29). The quantitative estimate of drug-likeness (QED) is 0.346. The number of ether oxygens (including phenoxy) is 2. The number of nitrogens with one attached hydrogen (secondary N) is 2. The van der Waals surface area contributed by atoms with Crippen LogP contribution in [0.15, 0.2) is 95.6 Å². The number of benzene rings is 3. The first-order valence-electron chi connectivity index (χ1n) is 10.3. The van der Waals surface area contributed by atoms with Crippen molar-refractivity contribution < 1.29 is 18.8 Å². The highest BCUT2D eigenvalue weighted by Gasteiger charge is 2.08. The van der Waals surface area contributed by atoms with E-state index in [1.54, 1.807) is 24.3 Å². The molecule has 162 valence electrons. The summed E-state index contributed by atoms with van der Waals surface area (Å²) in [4.78, 5) is 11.8. The van der Waals surface area contributed by atoms with Crippen molar-refractivity contribution in [2.45, 2.75) is 13.0 Å². The van der Waals surface area contributed by atoms with Gasteiger partial charge in [-0.3, -0.25) is 5.32 Å². The topological polar surface area (TPSA) is 85.6 Å². The Balaban J connectivity index is 1.21. The van der Waals surface area contributed by atoms with Gasteiger partial charge in [-0.25, -0.2) is 4.79 Å². The predicted octanol–water partition coefficient (Wildman–Crippen LogP) is 5.41. The van der Waals surface area contributed by atoms with E-state index in [1.807, 2.05) is 30.3 Å². The Morgan fingerprint density at radius 1 is 0.844 bits per heavy atom. The lowest BCUT2D eigenvalue weighted by Crippen LogP contribution is -2.16. The van der Waals surface area contributed by atoms with Gasteiger partial charge in [0.15, 0.2) is 0 Å². The molecule has 1 amide bonds. The van der Waals surface area contributed by atoms with Crippen molar-refractivity contribution in [3.8, 4) is 17.4 Å². The van der Waals surface area contributed by atoms with E-state index in [0.29, 0.717) is 11.4 Å². The molecule has 7 heteroatoms. The highest BCUT2D eigenvalue weighted by atomic mass is 16.7. The minimum atomic E-state index is -0.663. The summed E-state index contributed by atoms with van der Waals surface area (Å²) < 4.78 is 15.5. The summed E-state index contributed by atoms with van der Waals surface area (Å²) >= 11 is 0. The molecule has 3 aromatic carbocycles. The van der Waals surface area contributed by atoms with Gasteiger partial charge in [-0.05, 0) is 60.5 Å². The number of hydrogen-bond donors (Lipinski definition) is 2. The summed E-state index contributed by atoms with van der Waals surface area (Å²) in [6.45, 7) is 1.77. The Kier molecular flexibility index (Phi) is 7.13. The fourth-order valence-corrected chi connectivity index (χ4v) is 3.02. The van der Waals surface area contributed by atoms with Crippen molar-refractivity contribution in [2.75, 3.05) is 11.9 Å². The van der Waals surface area contributed by atoms with Gasteiger partial charge in [0.2, 0.25) is 0 Å². The molecule has 0 aliphatic carbocycles. The summed E-state index contributed by atoms with van der Waals surface area (Å²) in [5.74, 6) is 1.44. The molecule has 0 saturated heterocycles. The van der Waals surface area contributed by atoms with E-state index in [-0.39, 0.29) is 5.95 Å². The van der Waals surface area contributed by atoms with Crippen LogP contribution in [-0.2, 0) is 13.0 Å². The van der Waals surface area contributed by atoms with E-state index >= 15 is 0 Å². The third kappa shape index (κ3) is 6.45. The molecule has 1 heterocycles. The summed E-state index contributed by atoms with van der Waals surface area (Å²) in [6, 6.07) is 26.8. The minimum Gasteiger partial charge on any atom is -0.457 e. The number of aromatic nitrogens is 1. The lowest BCUT2D eigenvalue weighted by molar-refractivity contribution is 0.194. The molecule has 0 bridgehead atoms. The Hall–Kier alpha value is -4.10. The molecule has 4 aromatic rings. The average Bonchev–Trinajstić information content (AvgIpc) is 3.33. The number of amides is 1. The molecule has 2 N–H and O–H groups in total. The van der Waals surface area contributed by atoms with Crippen LogP contribution < -0.4 is 20.1 Å². The Morgan fingerprint density at radius 3 is 2.25 bits per heavy atom. The summed E-state index contributed by atoms with van der Waals surface area (Å²) in [6.07, 6.45) is 1.67. The Bertz CT molecular complexity index is 1100. The molecule has 0 spiro atoms. The van der Waals surface area contributed by atoms with Crippen molar-refractivity contribution in [1.82, 2.24) is 10.5 Å². The molecule has 0 saturated carbocycles. The van der Waals surface area contributed by atoms with Crippen LogP contribution in [0.1, 0.15) is 11.1 Å². The maximum Gasteiger partial charge on any atom is 0.419 e. The van der Waals surface area contributed by atoms with Crippen molar-refractivity contribution in [2.24, 2.45) is 0 Å². The van der Waals surface area contributed by atoms with E-state index in [4.69, 9.17) is 14.0 Å². The van der Waals surface area contributed by atoms with Crippen molar-refractivity contribution in [3.63, 3.8) is 0 Å². The largest absolute Gasteiger partial charge is 0.457 e. The van der Waals surface area contributed by atoms with Gasteiger partial charge >= 0.3 is 12.0 Å². The molecule has 7 nitrogen and oxygen atoms in total. The van der Waals surface area contributed by atoms with Crippen LogP contribution in [0, 0.1) is 0 Å². The van der Waals surface area contributed by atoms with E-state index in [9.17, 15) is 4.79 Å². The highest BCUT2D eigenvalue weighted by molar-refractivity contribution is 5.86. The summed E-state index contributed by atoms with van der Waals surface area (Å²) in [5.41, 5.74) is 3.09. The molecular weight excluding hydrogens is 406 g/mol. The van der Waals surface area contributed by atoms with Crippen LogP contribution in [0.25, 0.3) is 0 Å². The number of nitrogens with zero attached hydrogens (tertiary/aromatic N) is 1. The van der Waals surface area contributed by atoms with E-state index in [1.165, 1.54) is 23.4 Å². The Morgan fingerprint density at radius 2 is 1.56 bits per heavy atom. The zero-order valence-corrected chi connectivity index (χ0v) is 17.4. The monoisotopic (exact) mass is 429 g/mol. The number of carbonyl (C=O) groups is 1. The first-order chi connectivity index (χ1) is 15.7. The zero-order valence-electron chi connectivity index (χ0n) is 17.4. The first kappa shape index (κ1) is 21.1. The summed E-state index contributed by atoms with van der Waals surface area (Å²) in [5, 5.41) is 9.53. The number of carbonyl (C=O) groups excluding carboxylic acids is 1. The number of rotatable bonds is 9. The smallest absolute Gasteiger partial charge is 0.419 e. The maximum absolute atomic E-state index is 11.8. The van der Waals surface area contributed by atoms with E-state index in [2.05, 4.69) is 40.1 Å². The molecule has 0 aliphatic heterocycles. The lowest BCUT2D eigenvalue weighted by Gasteiger charge is -2.09. The van der Waals surface area contributed by atoms with Gasteiger partial charge in [0.25, 0.3) is 0 Å². The van der Waals surface area contributed by atoms with Crippen molar-refractivity contribution >= 4 is 11.8 Å². The van der Waals surface area contributed by atoms with Gasteiger partial charge in [-0.2, -0.15) is 0 Å². The van der Waals surface area contributed by atoms with Crippen molar-refractivity contribution in [1.29, 1.82) is 0 Å². The minimum absolute atomic E-state index is 0.0258. The highest BCUT2D eigenvalue weighted by Crippen LogP contribution is 2.23. The van der Waals surface area contributed by atoms with Gasteiger partial charge in [-0.1, -0.05) is 47.6 Å².